The van der Waals surface area contributed by atoms with Gasteiger partial charge in [-0.25, -0.2) is 18.7 Å². The molecule has 5 nitrogen and oxygen atoms in total. The zero-order valence-electron chi connectivity index (χ0n) is 12.4. The van der Waals surface area contributed by atoms with Crippen molar-refractivity contribution in [2.24, 2.45) is 0 Å². The van der Waals surface area contributed by atoms with Crippen molar-refractivity contribution >= 4 is 22.4 Å². The average Bonchev–Trinajstić information content (AvgIpc) is 2.55. The van der Waals surface area contributed by atoms with Gasteiger partial charge in [0.05, 0.1) is 18.3 Å². The zero-order valence-corrected chi connectivity index (χ0v) is 12.4. The summed E-state index contributed by atoms with van der Waals surface area (Å²) in [4.78, 5) is 8.15. The summed E-state index contributed by atoms with van der Waals surface area (Å²) in [6, 6.07) is 5.42. The first-order valence-corrected chi connectivity index (χ1v) is 6.74. The van der Waals surface area contributed by atoms with E-state index in [1.807, 2.05) is 0 Å². The van der Waals surface area contributed by atoms with Crippen LogP contribution in [-0.2, 0) is 0 Å². The van der Waals surface area contributed by atoms with E-state index in [-0.39, 0.29) is 28.6 Å². The summed E-state index contributed by atoms with van der Waals surface area (Å²) in [5.74, 6) is -0.852. The molecule has 2 N–H and O–H groups in total. The van der Waals surface area contributed by atoms with E-state index in [4.69, 9.17) is 4.74 Å². The molecule has 0 saturated carbocycles. The Morgan fingerprint density at radius 2 is 1.96 bits per heavy atom. The summed E-state index contributed by atoms with van der Waals surface area (Å²) >= 11 is 0. The number of halogens is 2. The molecule has 0 spiro atoms. The maximum atomic E-state index is 14.1. The van der Waals surface area contributed by atoms with E-state index >= 15 is 0 Å². The van der Waals surface area contributed by atoms with Crippen molar-refractivity contribution in [3.63, 3.8) is 0 Å². The van der Waals surface area contributed by atoms with Crippen LogP contribution in [0.15, 0.2) is 30.6 Å². The number of methoxy groups -OCH3 is 1. The van der Waals surface area contributed by atoms with Crippen LogP contribution in [0.25, 0.3) is 10.9 Å². The van der Waals surface area contributed by atoms with Crippen LogP contribution in [0.3, 0.4) is 0 Å². The van der Waals surface area contributed by atoms with Gasteiger partial charge < -0.3 is 15.2 Å². The molecule has 3 rings (SSSR count). The Balaban J connectivity index is 2.11. The number of rotatable bonds is 3. The molecular weight excluding hydrogens is 304 g/mol. The summed E-state index contributed by atoms with van der Waals surface area (Å²) < 4.78 is 32.5. The standard InChI is InChI=1S/C16H13F2N3O2/c1-8-10(17)3-4-11(15(8)18)21-16-9-5-13(22)14(23-2)6-12(9)19-7-20-16/h3-7,22H,1-2H3,(H,19,20,21). The van der Waals surface area contributed by atoms with E-state index in [0.717, 1.165) is 0 Å². The zero-order chi connectivity index (χ0) is 16.6. The minimum Gasteiger partial charge on any atom is -0.504 e. The van der Waals surface area contributed by atoms with Gasteiger partial charge in [-0.3, -0.25) is 0 Å². The normalized spacial score (nSPS) is 10.8. The van der Waals surface area contributed by atoms with Gasteiger partial charge in [-0.1, -0.05) is 0 Å². The number of nitrogens with zero attached hydrogens (tertiary/aromatic N) is 2. The summed E-state index contributed by atoms with van der Waals surface area (Å²) in [5.41, 5.74) is 0.508. The third-order valence-corrected chi connectivity index (χ3v) is 3.51. The molecule has 0 fully saturated rings. The number of hydrogen-bond donors (Lipinski definition) is 2. The fourth-order valence-electron chi connectivity index (χ4n) is 2.22. The van der Waals surface area contributed by atoms with Gasteiger partial charge in [-0.05, 0) is 25.1 Å². The number of phenolic OH excluding ortho intramolecular Hbond substituents is 1. The highest BCUT2D eigenvalue weighted by Gasteiger charge is 2.13. The van der Waals surface area contributed by atoms with Crippen molar-refractivity contribution in [2.45, 2.75) is 6.92 Å². The largest absolute Gasteiger partial charge is 0.504 e. The van der Waals surface area contributed by atoms with Gasteiger partial charge in [0.2, 0.25) is 0 Å². The predicted molar refractivity (Wildman–Crippen MR) is 82.1 cm³/mol. The number of nitrogens with one attached hydrogen (secondary N) is 1. The Hall–Kier alpha value is -2.96. The predicted octanol–water partition coefficient (Wildman–Crippen LogP) is 3.67. The molecule has 0 amide bonds. The summed E-state index contributed by atoms with van der Waals surface area (Å²) in [6.45, 7) is 1.35. The summed E-state index contributed by atoms with van der Waals surface area (Å²) in [7, 11) is 1.43. The Kier molecular flexibility index (Phi) is 3.69. The molecular formula is C16H13F2N3O2. The lowest BCUT2D eigenvalue weighted by atomic mass is 10.1. The van der Waals surface area contributed by atoms with Gasteiger partial charge in [0.15, 0.2) is 17.3 Å². The second-order valence-electron chi connectivity index (χ2n) is 4.92. The van der Waals surface area contributed by atoms with E-state index in [1.54, 1.807) is 6.07 Å². The lowest BCUT2D eigenvalue weighted by Crippen LogP contribution is -2.01. The van der Waals surface area contributed by atoms with Crippen molar-refractivity contribution in [3.8, 4) is 11.5 Å². The Morgan fingerprint density at radius 3 is 2.70 bits per heavy atom. The Labute approximate surface area is 130 Å². The summed E-state index contributed by atoms with van der Waals surface area (Å²) in [6.07, 6.45) is 1.30. The van der Waals surface area contributed by atoms with Gasteiger partial charge in [0, 0.05) is 17.0 Å². The molecule has 0 saturated heterocycles. The fraction of sp³-hybridized carbons (Fsp3) is 0.125. The van der Waals surface area contributed by atoms with Crippen LogP contribution in [0.2, 0.25) is 0 Å². The van der Waals surface area contributed by atoms with E-state index < -0.39 is 11.6 Å². The number of fused-ring (bicyclic) bond motifs is 1. The van der Waals surface area contributed by atoms with Crippen LogP contribution in [0, 0.1) is 18.6 Å². The van der Waals surface area contributed by atoms with Crippen LogP contribution in [0.1, 0.15) is 5.56 Å². The van der Waals surface area contributed by atoms with Crippen molar-refractivity contribution in [2.75, 3.05) is 12.4 Å². The Bertz CT molecular complexity index is 900. The third-order valence-electron chi connectivity index (χ3n) is 3.51. The van der Waals surface area contributed by atoms with Crippen molar-refractivity contribution in [1.29, 1.82) is 0 Å². The lowest BCUT2D eigenvalue weighted by molar-refractivity contribution is 0.374. The van der Waals surface area contributed by atoms with E-state index in [2.05, 4.69) is 15.3 Å². The van der Waals surface area contributed by atoms with Crippen molar-refractivity contribution in [3.05, 3.63) is 47.8 Å². The van der Waals surface area contributed by atoms with Crippen LogP contribution in [-0.4, -0.2) is 22.2 Å². The second-order valence-corrected chi connectivity index (χ2v) is 4.92. The van der Waals surface area contributed by atoms with Crippen LogP contribution in [0.4, 0.5) is 20.3 Å². The van der Waals surface area contributed by atoms with E-state index in [1.165, 1.54) is 38.6 Å². The van der Waals surface area contributed by atoms with Crippen molar-refractivity contribution < 1.29 is 18.6 Å². The number of ether oxygens (including phenoxy) is 1. The topological polar surface area (TPSA) is 67.3 Å². The molecule has 0 bridgehead atoms. The van der Waals surface area contributed by atoms with Crippen LogP contribution < -0.4 is 10.1 Å². The van der Waals surface area contributed by atoms with Gasteiger partial charge >= 0.3 is 0 Å². The number of hydrogen-bond acceptors (Lipinski definition) is 5. The molecule has 0 aliphatic rings. The molecule has 0 radical (unpaired) electrons. The molecule has 7 heteroatoms. The first-order valence-electron chi connectivity index (χ1n) is 6.74. The molecule has 1 heterocycles. The second kappa shape index (κ2) is 5.68. The molecule has 0 aliphatic carbocycles. The highest BCUT2D eigenvalue weighted by atomic mass is 19.1. The molecule has 23 heavy (non-hydrogen) atoms. The number of aromatic hydroxyl groups is 1. The SMILES string of the molecule is COc1cc2ncnc(Nc3ccc(F)c(C)c3F)c2cc1O. The maximum Gasteiger partial charge on any atom is 0.162 e. The molecule has 2 aromatic carbocycles. The van der Waals surface area contributed by atoms with Crippen LogP contribution in [0.5, 0.6) is 11.5 Å². The van der Waals surface area contributed by atoms with Gasteiger partial charge in [0.1, 0.15) is 18.0 Å². The number of aromatic nitrogens is 2. The van der Waals surface area contributed by atoms with Gasteiger partial charge in [0.25, 0.3) is 0 Å². The first kappa shape index (κ1) is 15.0. The minimum atomic E-state index is -0.700. The van der Waals surface area contributed by atoms with E-state index in [9.17, 15) is 13.9 Å². The molecule has 3 aromatic rings. The van der Waals surface area contributed by atoms with Gasteiger partial charge in [-0.2, -0.15) is 0 Å². The number of benzene rings is 2. The first-order chi connectivity index (χ1) is 11.0. The highest BCUT2D eigenvalue weighted by molar-refractivity contribution is 5.93. The highest BCUT2D eigenvalue weighted by Crippen LogP contribution is 2.34. The third kappa shape index (κ3) is 2.61. The summed E-state index contributed by atoms with van der Waals surface area (Å²) in [5, 5.41) is 13.2. The molecule has 0 aliphatic heterocycles. The molecule has 1 aromatic heterocycles. The quantitative estimate of drug-likeness (QED) is 0.771. The minimum absolute atomic E-state index is 0.0826. The average molecular weight is 317 g/mol. The lowest BCUT2D eigenvalue weighted by Gasteiger charge is -2.12. The van der Waals surface area contributed by atoms with Crippen LogP contribution >= 0.6 is 0 Å². The molecule has 0 unspecified atom stereocenters. The monoisotopic (exact) mass is 317 g/mol. The number of phenols is 1. The van der Waals surface area contributed by atoms with E-state index in [0.29, 0.717) is 10.9 Å². The fourth-order valence-corrected chi connectivity index (χ4v) is 2.22. The Morgan fingerprint density at radius 1 is 1.17 bits per heavy atom. The smallest absolute Gasteiger partial charge is 0.162 e. The van der Waals surface area contributed by atoms with Crippen molar-refractivity contribution in [1.82, 2.24) is 9.97 Å². The van der Waals surface area contributed by atoms with Gasteiger partial charge in [-0.15, -0.1) is 0 Å². The molecule has 118 valence electrons. The number of anilines is 2. The maximum absolute atomic E-state index is 14.1. The molecule has 0 atom stereocenters.